The molecular weight excluding hydrogens is 512 g/mol. The van der Waals surface area contributed by atoms with Crippen molar-refractivity contribution in [1.29, 1.82) is 0 Å². The van der Waals surface area contributed by atoms with Gasteiger partial charge in [0.1, 0.15) is 18.8 Å². The minimum Gasteiger partial charge on any atom is -0.479 e. The number of fused-ring (bicyclic) bond motifs is 1. The van der Waals surface area contributed by atoms with Gasteiger partial charge in [-0.15, -0.1) is 0 Å². The molecule has 1 fully saturated rings. The van der Waals surface area contributed by atoms with E-state index >= 15 is 0 Å². The van der Waals surface area contributed by atoms with Gasteiger partial charge in [0.15, 0.2) is 17.4 Å². The van der Waals surface area contributed by atoms with Gasteiger partial charge < -0.3 is 24.7 Å². The number of methoxy groups -OCH3 is 1. The van der Waals surface area contributed by atoms with Crippen molar-refractivity contribution in [2.75, 3.05) is 12.8 Å². The first-order valence-electron chi connectivity index (χ1n) is 9.99. The van der Waals surface area contributed by atoms with Crippen LogP contribution >= 0.6 is 0 Å². The molecule has 0 bridgehead atoms. The van der Waals surface area contributed by atoms with Crippen molar-refractivity contribution < 1.29 is 54.9 Å². The lowest BCUT2D eigenvalue weighted by atomic mass is 10.1. The molecule has 1 aliphatic rings. The molecule has 0 aliphatic carbocycles. The van der Waals surface area contributed by atoms with Crippen LogP contribution in [0.3, 0.4) is 0 Å². The average Bonchev–Trinajstić information content (AvgIpc) is 3.21. The fourth-order valence-electron chi connectivity index (χ4n) is 3.80. The SMILES string of the molecule is COc1nc(N)nc2c1n(CC(F)(F)F)c(=O)n2[C@@H]1O[C@H]([C@@H](OC(C)=O)C(F)(F)F)C[C@H]1OC(C)=O. The van der Waals surface area contributed by atoms with Crippen molar-refractivity contribution in [1.82, 2.24) is 19.1 Å². The molecule has 0 radical (unpaired) electrons. The Labute approximate surface area is 196 Å². The highest BCUT2D eigenvalue weighted by atomic mass is 19.4. The number of imidazole rings is 1. The van der Waals surface area contributed by atoms with Gasteiger partial charge in [0, 0.05) is 20.3 Å². The molecule has 3 rings (SSSR count). The van der Waals surface area contributed by atoms with E-state index in [1.807, 2.05) is 0 Å². The lowest BCUT2D eigenvalue weighted by Crippen LogP contribution is -2.43. The molecule has 0 aromatic carbocycles. The largest absolute Gasteiger partial charge is 0.479 e. The van der Waals surface area contributed by atoms with Crippen LogP contribution in [-0.4, -0.2) is 68.8 Å². The zero-order valence-corrected chi connectivity index (χ0v) is 18.7. The summed E-state index contributed by atoms with van der Waals surface area (Å²) in [5, 5.41) is 0. The third-order valence-corrected chi connectivity index (χ3v) is 4.94. The second-order valence-corrected chi connectivity index (χ2v) is 7.64. The number of carbonyl (C=O) groups is 2. The maximum atomic E-state index is 13.6. The average molecular weight is 531 g/mol. The second-order valence-electron chi connectivity index (χ2n) is 7.64. The Bertz CT molecular complexity index is 1220. The van der Waals surface area contributed by atoms with Crippen LogP contribution in [0.2, 0.25) is 0 Å². The van der Waals surface area contributed by atoms with E-state index in [2.05, 4.69) is 14.7 Å². The Morgan fingerprint density at radius 2 is 1.81 bits per heavy atom. The third kappa shape index (κ3) is 5.47. The van der Waals surface area contributed by atoms with E-state index < -0.39 is 90.5 Å². The fourth-order valence-corrected chi connectivity index (χ4v) is 3.80. The highest BCUT2D eigenvalue weighted by Gasteiger charge is 2.54. The maximum Gasteiger partial charge on any atom is 0.428 e. The molecule has 3 heterocycles. The Hall–Kier alpha value is -3.57. The minimum absolute atomic E-state index is 0.169. The van der Waals surface area contributed by atoms with E-state index in [1.165, 1.54) is 0 Å². The summed E-state index contributed by atoms with van der Waals surface area (Å²) in [4.78, 5) is 43.4. The fraction of sp³-hybridized carbons (Fsp3) is 0.611. The first-order chi connectivity index (χ1) is 16.5. The smallest absolute Gasteiger partial charge is 0.428 e. The highest BCUT2D eigenvalue weighted by Crippen LogP contribution is 2.40. The number of hydrogen-bond acceptors (Lipinski definition) is 10. The van der Waals surface area contributed by atoms with Gasteiger partial charge in [0.05, 0.1) is 7.11 Å². The van der Waals surface area contributed by atoms with Crippen LogP contribution in [0.5, 0.6) is 5.88 Å². The van der Waals surface area contributed by atoms with Crippen LogP contribution in [0, 0.1) is 0 Å². The van der Waals surface area contributed by atoms with Crippen LogP contribution in [0.25, 0.3) is 11.2 Å². The van der Waals surface area contributed by atoms with Crippen LogP contribution < -0.4 is 16.2 Å². The summed E-state index contributed by atoms with van der Waals surface area (Å²) in [6.45, 7) is -0.224. The van der Waals surface area contributed by atoms with Gasteiger partial charge in [0.25, 0.3) is 0 Å². The predicted molar refractivity (Wildman–Crippen MR) is 104 cm³/mol. The van der Waals surface area contributed by atoms with Gasteiger partial charge in [-0.2, -0.15) is 36.3 Å². The van der Waals surface area contributed by atoms with Gasteiger partial charge in [-0.1, -0.05) is 0 Å². The molecule has 1 saturated heterocycles. The number of ether oxygens (including phenoxy) is 4. The molecule has 12 nitrogen and oxygen atoms in total. The van der Waals surface area contributed by atoms with Gasteiger partial charge in [-0.3, -0.25) is 14.2 Å². The summed E-state index contributed by atoms with van der Waals surface area (Å²) < 4.78 is 101. The van der Waals surface area contributed by atoms with E-state index in [-0.39, 0.29) is 4.57 Å². The van der Waals surface area contributed by atoms with Crippen molar-refractivity contribution in [2.24, 2.45) is 0 Å². The molecule has 2 N–H and O–H groups in total. The monoisotopic (exact) mass is 531 g/mol. The van der Waals surface area contributed by atoms with E-state index in [9.17, 15) is 40.7 Å². The number of nitrogens with two attached hydrogens (primary N) is 1. The Morgan fingerprint density at radius 1 is 1.17 bits per heavy atom. The molecular formula is C18H19F6N5O7. The standard InChI is InChI=1S/C18H19F6N5O7/c1-6(30)34-9-4-8(11(18(22,23)24)35-7(2)31)36-14(9)29-12-10(13(33-3)27-15(25)26-12)28(16(29)32)5-17(19,20)21/h8-9,11,14H,4-5H2,1-3H3,(H2,25,26,27)/t8-,9+,11+,14+/m0/s1. The second kappa shape index (κ2) is 9.47. The van der Waals surface area contributed by atoms with Crippen LogP contribution in [-0.2, 0) is 30.3 Å². The van der Waals surface area contributed by atoms with Crippen molar-refractivity contribution in [3.8, 4) is 5.88 Å². The highest BCUT2D eigenvalue weighted by molar-refractivity contribution is 5.78. The zero-order valence-electron chi connectivity index (χ0n) is 18.7. The molecule has 0 saturated carbocycles. The lowest BCUT2D eigenvalue weighted by molar-refractivity contribution is -0.248. The normalized spacial score (nSPS) is 21.4. The van der Waals surface area contributed by atoms with Gasteiger partial charge in [0.2, 0.25) is 17.9 Å². The number of halogens is 6. The first kappa shape index (κ1) is 27.0. The number of aromatic nitrogens is 4. The molecule has 36 heavy (non-hydrogen) atoms. The number of nitrogens with zero attached hydrogens (tertiary/aromatic N) is 4. The number of carbonyl (C=O) groups excluding carboxylic acids is 2. The summed E-state index contributed by atoms with van der Waals surface area (Å²) in [6.07, 6.45) is -19.2. The maximum absolute atomic E-state index is 13.6. The zero-order chi connectivity index (χ0) is 27.2. The lowest BCUT2D eigenvalue weighted by Gasteiger charge is -2.25. The van der Waals surface area contributed by atoms with E-state index in [1.54, 1.807) is 0 Å². The molecule has 0 amide bonds. The summed E-state index contributed by atoms with van der Waals surface area (Å²) in [5.74, 6) is -3.39. The summed E-state index contributed by atoms with van der Waals surface area (Å²) in [5.41, 5.74) is 2.95. The van der Waals surface area contributed by atoms with Crippen LogP contribution in [0.1, 0.15) is 26.5 Å². The molecule has 4 atom stereocenters. The van der Waals surface area contributed by atoms with Crippen molar-refractivity contribution in [2.45, 2.75) is 63.7 Å². The summed E-state index contributed by atoms with van der Waals surface area (Å²) in [6, 6.07) is 0. The number of anilines is 1. The van der Waals surface area contributed by atoms with Crippen molar-refractivity contribution in [3.05, 3.63) is 10.5 Å². The molecule has 2 aromatic heterocycles. The van der Waals surface area contributed by atoms with Crippen molar-refractivity contribution >= 4 is 29.1 Å². The van der Waals surface area contributed by atoms with Gasteiger partial charge >= 0.3 is 30.0 Å². The Morgan fingerprint density at radius 3 is 2.31 bits per heavy atom. The number of nitrogen functional groups attached to an aromatic ring is 1. The van der Waals surface area contributed by atoms with E-state index in [0.29, 0.717) is 4.57 Å². The van der Waals surface area contributed by atoms with Gasteiger partial charge in [-0.25, -0.2) is 9.36 Å². The Kier molecular flexibility index (Phi) is 7.11. The van der Waals surface area contributed by atoms with E-state index in [0.717, 1.165) is 21.0 Å². The molecule has 2 aromatic rings. The quantitative estimate of drug-likeness (QED) is 0.429. The number of rotatable bonds is 6. The van der Waals surface area contributed by atoms with Gasteiger partial charge in [-0.05, 0) is 0 Å². The van der Waals surface area contributed by atoms with Crippen molar-refractivity contribution in [3.63, 3.8) is 0 Å². The number of esters is 2. The predicted octanol–water partition coefficient (Wildman–Crippen LogP) is 1.46. The number of alkyl halides is 6. The molecule has 1 aliphatic heterocycles. The minimum atomic E-state index is -5.14. The summed E-state index contributed by atoms with van der Waals surface area (Å²) >= 11 is 0. The third-order valence-electron chi connectivity index (χ3n) is 4.94. The topological polar surface area (TPSA) is 150 Å². The molecule has 18 heteroatoms. The Balaban J connectivity index is 2.23. The molecule has 0 spiro atoms. The molecule has 0 unspecified atom stereocenters. The number of hydrogen-bond donors (Lipinski definition) is 1. The first-order valence-corrected chi connectivity index (χ1v) is 9.99. The summed E-state index contributed by atoms with van der Waals surface area (Å²) in [7, 11) is 1.03. The van der Waals surface area contributed by atoms with Crippen LogP contribution in [0.15, 0.2) is 4.79 Å². The molecule has 200 valence electrons. The van der Waals surface area contributed by atoms with Crippen LogP contribution in [0.4, 0.5) is 32.3 Å². The van der Waals surface area contributed by atoms with E-state index in [4.69, 9.17) is 19.9 Å².